The lowest BCUT2D eigenvalue weighted by atomic mass is 10.2. The fourth-order valence-corrected chi connectivity index (χ4v) is 3.24. The standard InChI is InChI=1S/C20H29N7O/c1-5-11-21-20(22-13-19-25-24-15(2)26(19)3)23-16-10-12-27(14-16)17-8-6-7-9-18(17)28-4/h5-9,16H,1,10-14H2,2-4H3,(H2,21,22,23). The molecule has 8 nitrogen and oxygen atoms in total. The number of anilines is 1. The number of rotatable bonds is 7. The van der Waals surface area contributed by atoms with Crippen LogP contribution < -0.4 is 20.3 Å². The Labute approximate surface area is 166 Å². The van der Waals surface area contributed by atoms with Crippen LogP contribution in [0.25, 0.3) is 0 Å². The van der Waals surface area contributed by atoms with Crippen LogP contribution in [0.1, 0.15) is 18.1 Å². The van der Waals surface area contributed by atoms with Crippen molar-refractivity contribution in [2.24, 2.45) is 12.0 Å². The van der Waals surface area contributed by atoms with Crippen molar-refractivity contribution in [1.82, 2.24) is 25.4 Å². The minimum absolute atomic E-state index is 0.294. The predicted octanol–water partition coefficient (Wildman–Crippen LogP) is 1.63. The van der Waals surface area contributed by atoms with Crippen LogP contribution >= 0.6 is 0 Å². The van der Waals surface area contributed by atoms with Gasteiger partial charge in [-0.1, -0.05) is 18.2 Å². The molecule has 1 fully saturated rings. The minimum Gasteiger partial charge on any atom is -0.495 e. The van der Waals surface area contributed by atoms with Crippen molar-refractivity contribution in [1.29, 1.82) is 0 Å². The van der Waals surface area contributed by atoms with Crippen LogP contribution in [0.2, 0.25) is 0 Å². The third kappa shape index (κ3) is 4.62. The van der Waals surface area contributed by atoms with E-state index in [0.717, 1.165) is 48.6 Å². The van der Waals surface area contributed by atoms with E-state index in [1.807, 2.05) is 42.8 Å². The van der Waals surface area contributed by atoms with Crippen LogP contribution in [0.3, 0.4) is 0 Å². The monoisotopic (exact) mass is 383 g/mol. The molecular formula is C20H29N7O. The Morgan fingerprint density at radius 3 is 2.93 bits per heavy atom. The number of methoxy groups -OCH3 is 1. The molecule has 28 heavy (non-hydrogen) atoms. The zero-order valence-electron chi connectivity index (χ0n) is 16.9. The van der Waals surface area contributed by atoms with Crippen molar-refractivity contribution in [3.05, 3.63) is 48.6 Å². The first kappa shape index (κ1) is 19.7. The van der Waals surface area contributed by atoms with E-state index in [1.54, 1.807) is 7.11 Å². The molecule has 0 spiro atoms. The quantitative estimate of drug-likeness (QED) is 0.430. The number of ether oxygens (including phenoxy) is 1. The number of guanidine groups is 1. The van der Waals surface area contributed by atoms with Crippen molar-refractivity contribution in [2.75, 3.05) is 31.6 Å². The lowest BCUT2D eigenvalue weighted by Crippen LogP contribution is -2.44. The maximum absolute atomic E-state index is 5.50. The first-order valence-electron chi connectivity index (χ1n) is 9.51. The molecule has 1 aliphatic heterocycles. The lowest BCUT2D eigenvalue weighted by molar-refractivity contribution is 0.415. The zero-order chi connectivity index (χ0) is 19.9. The second kappa shape index (κ2) is 9.25. The molecule has 0 amide bonds. The summed E-state index contributed by atoms with van der Waals surface area (Å²) in [7, 11) is 3.66. The van der Waals surface area contributed by atoms with Crippen molar-refractivity contribution < 1.29 is 4.74 Å². The second-order valence-electron chi connectivity index (χ2n) is 6.80. The summed E-state index contributed by atoms with van der Waals surface area (Å²) in [6.45, 7) is 8.67. The van der Waals surface area contributed by atoms with Gasteiger partial charge in [-0.15, -0.1) is 16.8 Å². The van der Waals surface area contributed by atoms with E-state index in [2.05, 4.69) is 43.4 Å². The maximum Gasteiger partial charge on any atom is 0.192 e. The number of aliphatic imine (C=N–C) groups is 1. The SMILES string of the molecule is C=CCNC(=NCc1nnc(C)n1C)NC1CCN(c2ccccc2OC)C1. The van der Waals surface area contributed by atoms with Crippen molar-refractivity contribution in [2.45, 2.75) is 25.9 Å². The van der Waals surface area contributed by atoms with Gasteiger partial charge in [0.15, 0.2) is 11.8 Å². The third-order valence-electron chi connectivity index (χ3n) is 4.93. The molecule has 1 unspecified atom stereocenters. The number of aromatic nitrogens is 3. The highest BCUT2D eigenvalue weighted by atomic mass is 16.5. The summed E-state index contributed by atoms with van der Waals surface area (Å²) >= 11 is 0. The van der Waals surface area contributed by atoms with Gasteiger partial charge in [0.2, 0.25) is 0 Å². The Morgan fingerprint density at radius 1 is 1.39 bits per heavy atom. The highest BCUT2D eigenvalue weighted by molar-refractivity contribution is 5.80. The Hall–Kier alpha value is -3.03. The topological polar surface area (TPSA) is 79.6 Å². The molecule has 2 N–H and O–H groups in total. The third-order valence-corrected chi connectivity index (χ3v) is 4.93. The van der Waals surface area contributed by atoms with Gasteiger partial charge in [0.05, 0.1) is 12.8 Å². The number of hydrogen-bond acceptors (Lipinski definition) is 5. The van der Waals surface area contributed by atoms with Gasteiger partial charge >= 0.3 is 0 Å². The Bertz CT molecular complexity index is 830. The Balaban J connectivity index is 1.65. The van der Waals surface area contributed by atoms with Gasteiger partial charge in [-0.25, -0.2) is 4.99 Å². The van der Waals surface area contributed by atoms with E-state index in [1.165, 1.54) is 0 Å². The minimum atomic E-state index is 0.294. The van der Waals surface area contributed by atoms with Crippen molar-refractivity contribution in [3.8, 4) is 5.75 Å². The van der Waals surface area contributed by atoms with E-state index in [4.69, 9.17) is 4.74 Å². The summed E-state index contributed by atoms with van der Waals surface area (Å²) in [5.41, 5.74) is 1.13. The number of nitrogens with one attached hydrogen (secondary N) is 2. The van der Waals surface area contributed by atoms with Gasteiger partial charge < -0.3 is 24.8 Å². The van der Waals surface area contributed by atoms with Crippen LogP contribution in [0.5, 0.6) is 5.75 Å². The molecule has 1 aromatic carbocycles. The van der Waals surface area contributed by atoms with Crippen LogP contribution in [-0.2, 0) is 13.6 Å². The predicted molar refractivity (Wildman–Crippen MR) is 112 cm³/mol. The molecule has 0 aliphatic carbocycles. The van der Waals surface area contributed by atoms with Gasteiger partial charge in [0.1, 0.15) is 18.1 Å². The van der Waals surface area contributed by atoms with Crippen molar-refractivity contribution in [3.63, 3.8) is 0 Å². The van der Waals surface area contributed by atoms with Crippen LogP contribution in [0, 0.1) is 6.92 Å². The van der Waals surface area contributed by atoms with Gasteiger partial charge in [-0.2, -0.15) is 0 Å². The summed E-state index contributed by atoms with van der Waals surface area (Å²) in [5, 5.41) is 15.1. The smallest absolute Gasteiger partial charge is 0.192 e. The lowest BCUT2D eigenvalue weighted by Gasteiger charge is -2.22. The fraction of sp³-hybridized carbons (Fsp3) is 0.450. The van der Waals surface area contributed by atoms with Gasteiger partial charge in [-0.3, -0.25) is 0 Å². The van der Waals surface area contributed by atoms with E-state index >= 15 is 0 Å². The molecule has 2 heterocycles. The maximum atomic E-state index is 5.50. The molecular weight excluding hydrogens is 354 g/mol. The Kier molecular flexibility index (Phi) is 6.52. The molecule has 150 valence electrons. The normalized spacial score (nSPS) is 16.9. The highest BCUT2D eigenvalue weighted by Gasteiger charge is 2.25. The average Bonchev–Trinajstić information content (AvgIpc) is 3.31. The van der Waals surface area contributed by atoms with E-state index in [0.29, 0.717) is 19.1 Å². The number of hydrogen-bond donors (Lipinski definition) is 2. The van der Waals surface area contributed by atoms with E-state index in [-0.39, 0.29) is 0 Å². The summed E-state index contributed by atoms with van der Waals surface area (Å²) in [4.78, 5) is 7.02. The molecule has 1 aromatic heterocycles. The fourth-order valence-electron chi connectivity index (χ4n) is 3.24. The molecule has 2 aromatic rings. The number of nitrogens with zero attached hydrogens (tertiary/aromatic N) is 5. The second-order valence-corrected chi connectivity index (χ2v) is 6.80. The van der Waals surface area contributed by atoms with Crippen molar-refractivity contribution >= 4 is 11.6 Å². The Morgan fingerprint density at radius 2 is 2.21 bits per heavy atom. The molecule has 8 heteroatoms. The zero-order valence-corrected chi connectivity index (χ0v) is 16.9. The first-order chi connectivity index (χ1) is 13.6. The molecule has 0 saturated carbocycles. The average molecular weight is 384 g/mol. The number of benzene rings is 1. The van der Waals surface area contributed by atoms with Crippen LogP contribution in [0.4, 0.5) is 5.69 Å². The summed E-state index contributed by atoms with van der Waals surface area (Å²) in [6, 6.07) is 8.43. The number of aryl methyl sites for hydroxylation is 1. The molecule has 1 atom stereocenters. The first-order valence-corrected chi connectivity index (χ1v) is 9.51. The highest BCUT2D eigenvalue weighted by Crippen LogP contribution is 2.30. The van der Waals surface area contributed by atoms with Gasteiger partial charge in [0, 0.05) is 32.7 Å². The molecule has 3 rings (SSSR count). The van der Waals surface area contributed by atoms with Gasteiger partial charge in [-0.05, 0) is 25.5 Å². The van der Waals surface area contributed by atoms with Crippen LogP contribution in [-0.4, -0.2) is 53.5 Å². The summed E-state index contributed by atoms with van der Waals surface area (Å²) < 4.78 is 7.46. The largest absolute Gasteiger partial charge is 0.495 e. The van der Waals surface area contributed by atoms with Gasteiger partial charge in [0.25, 0.3) is 0 Å². The molecule has 1 aliphatic rings. The van der Waals surface area contributed by atoms with E-state index < -0.39 is 0 Å². The molecule has 1 saturated heterocycles. The number of para-hydroxylation sites is 2. The van der Waals surface area contributed by atoms with E-state index in [9.17, 15) is 0 Å². The molecule has 0 bridgehead atoms. The molecule has 0 radical (unpaired) electrons. The summed E-state index contributed by atoms with van der Waals surface area (Å²) in [6.07, 6.45) is 2.84. The summed E-state index contributed by atoms with van der Waals surface area (Å²) in [5.74, 6) is 3.37. The van der Waals surface area contributed by atoms with Crippen LogP contribution in [0.15, 0.2) is 41.9 Å².